The Morgan fingerprint density at radius 3 is 2.76 bits per heavy atom. The standard InChI is InChI=1S/C22H30ClN5O/c23-22-26-20-7-12-28(15-17-5-2-1-3-6-17)16-19(20)21(27-22)25-11-4-10-24-18-8-13-29-14-9-18/h1-3,5-6,18,24H,4,7-16H2,(H,25,26,27). The fraction of sp³-hybridized carbons (Fsp3) is 0.545. The molecule has 0 aliphatic carbocycles. The molecule has 1 aromatic carbocycles. The van der Waals surface area contributed by atoms with Gasteiger partial charge in [-0.3, -0.25) is 4.90 Å². The van der Waals surface area contributed by atoms with Crippen LogP contribution in [0.15, 0.2) is 30.3 Å². The predicted octanol–water partition coefficient (Wildman–Crippen LogP) is 3.26. The highest BCUT2D eigenvalue weighted by molar-refractivity contribution is 6.28. The molecule has 1 saturated heterocycles. The van der Waals surface area contributed by atoms with Gasteiger partial charge in [-0.25, -0.2) is 9.97 Å². The fourth-order valence-electron chi connectivity index (χ4n) is 4.07. The van der Waals surface area contributed by atoms with E-state index < -0.39 is 0 Å². The molecule has 2 aliphatic rings. The summed E-state index contributed by atoms with van der Waals surface area (Å²) in [5.74, 6) is 0.892. The number of aromatic nitrogens is 2. The average Bonchev–Trinajstić information content (AvgIpc) is 2.75. The van der Waals surface area contributed by atoms with Crippen LogP contribution in [-0.4, -0.2) is 53.8 Å². The normalized spacial score (nSPS) is 17.8. The number of hydrogen-bond donors (Lipinski definition) is 2. The molecule has 0 unspecified atom stereocenters. The van der Waals surface area contributed by atoms with Crippen molar-refractivity contribution in [2.75, 3.05) is 38.2 Å². The molecule has 29 heavy (non-hydrogen) atoms. The molecule has 0 radical (unpaired) electrons. The number of ether oxygens (including phenoxy) is 1. The molecule has 4 rings (SSSR count). The van der Waals surface area contributed by atoms with Crippen LogP contribution in [0.25, 0.3) is 0 Å². The quantitative estimate of drug-likeness (QED) is 0.509. The molecule has 0 atom stereocenters. The number of anilines is 1. The highest BCUT2D eigenvalue weighted by atomic mass is 35.5. The lowest BCUT2D eigenvalue weighted by atomic mass is 10.1. The molecule has 0 saturated carbocycles. The Labute approximate surface area is 178 Å². The third-order valence-electron chi connectivity index (χ3n) is 5.66. The Kier molecular flexibility index (Phi) is 7.33. The van der Waals surface area contributed by atoms with Crippen LogP contribution in [-0.2, 0) is 24.2 Å². The van der Waals surface area contributed by atoms with Crippen molar-refractivity contribution in [2.24, 2.45) is 0 Å². The summed E-state index contributed by atoms with van der Waals surface area (Å²) < 4.78 is 5.41. The lowest BCUT2D eigenvalue weighted by molar-refractivity contribution is 0.0781. The molecule has 3 heterocycles. The van der Waals surface area contributed by atoms with Gasteiger partial charge in [0.05, 0.1) is 5.69 Å². The lowest BCUT2D eigenvalue weighted by Gasteiger charge is -2.29. The van der Waals surface area contributed by atoms with Crippen molar-refractivity contribution in [3.63, 3.8) is 0 Å². The summed E-state index contributed by atoms with van der Waals surface area (Å²) in [6, 6.07) is 11.2. The van der Waals surface area contributed by atoms with Crippen molar-refractivity contribution in [3.05, 3.63) is 52.4 Å². The molecule has 2 aliphatic heterocycles. The minimum Gasteiger partial charge on any atom is -0.381 e. The maximum atomic E-state index is 6.19. The fourth-order valence-corrected chi connectivity index (χ4v) is 4.25. The molecule has 1 aromatic heterocycles. The van der Waals surface area contributed by atoms with Gasteiger partial charge in [-0.2, -0.15) is 0 Å². The molecule has 0 bridgehead atoms. The summed E-state index contributed by atoms with van der Waals surface area (Å²) in [6.07, 6.45) is 4.17. The SMILES string of the molecule is Clc1nc2c(c(NCCCNC3CCOCC3)n1)CN(Cc1ccccc1)CC2. The highest BCUT2D eigenvalue weighted by Crippen LogP contribution is 2.26. The van der Waals surface area contributed by atoms with Crippen LogP contribution in [0.3, 0.4) is 0 Å². The van der Waals surface area contributed by atoms with E-state index in [0.717, 1.165) is 83.1 Å². The van der Waals surface area contributed by atoms with Gasteiger partial charge in [-0.15, -0.1) is 0 Å². The Morgan fingerprint density at radius 1 is 1.10 bits per heavy atom. The first-order valence-corrected chi connectivity index (χ1v) is 11.0. The summed E-state index contributed by atoms with van der Waals surface area (Å²) >= 11 is 6.19. The monoisotopic (exact) mass is 415 g/mol. The predicted molar refractivity (Wildman–Crippen MR) is 116 cm³/mol. The van der Waals surface area contributed by atoms with E-state index in [1.807, 2.05) is 0 Å². The van der Waals surface area contributed by atoms with E-state index in [4.69, 9.17) is 16.3 Å². The number of halogens is 1. The topological polar surface area (TPSA) is 62.3 Å². The number of rotatable bonds is 8. The third kappa shape index (κ3) is 5.89. The van der Waals surface area contributed by atoms with Gasteiger partial charge >= 0.3 is 0 Å². The zero-order chi connectivity index (χ0) is 19.9. The Morgan fingerprint density at radius 2 is 1.93 bits per heavy atom. The number of nitrogens with zero attached hydrogens (tertiary/aromatic N) is 3. The van der Waals surface area contributed by atoms with Gasteiger partial charge in [0.1, 0.15) is 5.82 Å². The first-order valence-electron chi connectivity index (χ1n) is 10.6. The molecule has 2 aromatic rings. The van der Waals surface area contributed by atoms with E-state index in [0.29, 0.717) is 11.3 Å². The molecule has 1 fully saturated rings. The largest absolute Gasteiger partial charge is 0.381 e. The first-order chi connectivity index (χ1) is 14.3. The second-order valence-corrected chi connectivity index (χ2v) is 8.17. The van der Waals surface area contributed by atoms with E-state index in [1.54, 1.807) is 0 Å². The summed E-state index contributed by atoms with van der Waals surface area (Å²) in [4.78, 5) is 11.4. The number of benzene rings is 1. The van der Waals surface area contributed by atoms with Crippen molar-refractivity contribution in [1.29, 1.82) is 0 Å². The van der Waals surface area contributed by atoms with Crippen LogP contribution in [0.4, 0.5) is 5.82 Å². The summed E-state index contributed by atoms with van der Waals surface area (Å²) in [6.45, 7) is 6.40. The zero-order valence-corrected chi connectivity index (χ0v) is 17.6. The van der Waals surface area contributed by atoms with Gasteiger partial charge in [0.25, 0.3) is 0 Å². The van der Waals surface area contributed by atoms with Crippen molar-refractivity contribution in [2.45, 2.75) is 44.8 Å². The minimum absolute atomic E-state index is 0.336. The summed E-state index contributed by atoms with van der Waals surface area (Å²) in [5, 5.41) is 7.47. The second kappa shape index (κ2) is 10.3. The molecule has 7 heteroatoms. The smallest absolute Gasteiger partial charge is 0.224 e. The average molecular weight is 416 g/mol. The summed E-state index contributed by atoms with van der Waals surface area (Å²) in [7, 11) is 0. The zero-order valence-electron chi connectivity index (χ0n) is 16.9. The van der Waals surface area contributed by atoms with Gasteiger partial charge in [-0.1, -0.05) is 30.3 Å². The van der Waals surface area contributed by atoms with Crippen molar-refractivity contribution in [1.82, 2.24) is 20.2 Å². The highest BCUT2D eigenvalue weighted by Gasteiger charge is 2.22. The maximum absolute atomic E-state index is 6.19. The van der Waals surface area contributed by atoms with Crippen LogP contribution in [0.5, 0.6) is 0 Å². The Balaban J connectivity index is 1.31. The van der Waals surface area contributed by atoms with Gasteiger partial charge in [0, 0.05) is 57.4 Å². The van der Waals surface area contributed by atoms with Gasteiger partial charge < -0.3 is 15.4 Å². The van der Waals surface area contributed by atoms with Crippen LogP contribution in [0, 0.1) is 0 Å². The van der Waals surface area contributed by atoms with E-state index in [9.17, 15) is 0 Å². The van der Waals surface area contributed by atoms with Gasteiger partial charge in [0.15, 0.2) is 0 Å². The molecule has 156 valence electrons. The molecule has 6 nitrogen and oxygen atoms in total. The number of nitrogens with one attached hydrogen (secondary N) is 2. The van der Waals surface area contributed by atoms with Crippen LogP contribution < -0.4 is 10.6 Å². The van der Waals surface area contributed by atoms with Crippen molar-refractivity contribution >= 4 is 17.4 Å². The third-order valence-corrected chi connectivity index (χ3v) is 5.83. The van der Waals surface area contributed by atoms with Gasteiger partial charge in [-0.05, 0) is 43.0 Å². The maximum Gasteiger partial charge on any atom is 0.224 e. The molecule has 2 N–H and O–H groups in total. The molecular weight excluding hydrogens is 386 g/mol. The van der Waals surface area contributed by atoms with Gasteiger partial charge in [0.2, 0.25) is 5.28 Å². The van der Waals surface area contributed by atoms with Crippen molar-refractivity contribution < 1.29 is 4.74 Å². The minimum atomic E-state index is 0.336. The number of fused-ring (bicyclic) bond motifs is 1. The van der Waals surface area contributed by atoms with Crippen molar-refractivity contribution in [3.8, 4) is 0 Å². The van der Waals surface area contributed by atoms with E-state index in [2.05, 4.69) is 55.8 Å². The Bertz CT molecular complexity index is 782. The van der Waals surface area contributed by atoms with Crippen LogP contribution >= 0.6 is 11.6 Å². The number of hydrogen-bond acceptors (Lipinski definition) is 6. The van der Waals surface area contributed by atoms with Crippen LogP contribution in [0.2, 0.25) is 5.28 Å². The van der Waals surface area contributed by atoms with E-state index in [-0.39, 0.29) is 0 Å². The van der Waals surface area contributed by atoms with E-state index >= 15 is 0 Å². The van der Waals surface area contributed by atoms with Crippen LogP contribution in [0.1, 0.15) is 36.1 Å². The molecular formula is C22H30ClN5O. The summed E-state index contributed by atoms with van der Waals surface area (Å²) in [5.41, 5.74) is 3.60. The first kappa shape index (κ1) is 20.5. The second-order valence-electron chi connectivity index (χ2n) is 7.83. The molecule has 0 amide bonds. The molecule has 0 spiro atoms. The van der Waals surface area contributed by atoms with E-state index in [1.165, 1.54) is 11.1 Å². The Hall–Kier alpha value is -1.73. The lowest BCUT2D eigenvalue weighted by Crippen LogP contribution is -2.36.